The Hall–Kier alpha value is -1.30. The van der Waals surface area contributed by atoms with E-state index in [0.29, 0.717) is 13.1 Å². The van der Waals surface area contributed by atoms with E-state index in [2.05, 4.69) is 5.32 Å². The van der Waals surface area contributed by atoms with Gasteiger partial charge in [-0.2, -0.15) is 0 Å². The fraction of sp³-hybridized carbons (Fsp3) is 0.846. The van der Waals surface area contributed by atoms with Crippen molar-refractivity contribution in [2.75, 3.05) is 13.1 Å². The van der Waals surface area contributed by atoms with Crippen LogP contribution in [0.2, 0.25) is 0 Å². The molecule has 19 heavy (non-hydrogen) atoms. The Morgan fingerprint density at radius 2 is 1.84 bits per heavy atom. The lowest BCUT2D eigenvalue weighted by atomic mass is 10.1. The first-order chi connectivity index (χ1) is 8.69. The summed E-state index contributed by atoms with van der Waals surface area (Å²) < 4.78 is 5.31. The molecule has 1 aliphatic rings. The zero-order valence-electron chi connectivity index (χ0n) is 12.2. The first-order valence-electron chi connectivity index (χ1n) is 6.73. The third-order valence-electron chi connectivity index (χ3n) is 2.91. The van der Waals surface area contributed by atoms with Gasteiger partial charge in [0.05, 0.1) is 6.04 Å². The molecule has 0 bridgehead atoms. The van der Waals surface area contributed by atoms with E-state index in [1.807, 2.05) is 20.8 Å². The number of nitrogens with two attached hydrogens (primary N) is 1. The van der Waals surface area contributed by atoms with Crippen molar-refractivity contribution in [3.05, 3.63) is 0 Å². The van der Waals surface area contributed by atoms with Crippen LogP contribution in [0.25, 0.3) is 0 Å². The Balaban J connectivity index is 2.37. The van der Waals surface area contributed by atoms with Gasteiger partial charge in [-0.3, -0.25) is 4.79 Å². The van der Waals surface area contributed by atoms with Crippen molar-refractivity contribution in [1.82, 2.24) is 10.2 Å². The van der Waals surface area contributed by atoms with Gasteiger partial charge in [-0.05, 0) is 40.5 Å². The molecule has 6 nitrogen and oxygen atoms in total. The van der Waals surface area contributed by atoms with Crippen LogP contribution in [0.15, 0.2) is 0 Å². The quantitative estimate of drug-likeness (QED) is 0.779. The van der Waals surface area contributed by atoms with Crippen molar-refractivity contribution in [3.8, 4) is 0 Å². The van der Waals surface area contributed by atoms with Crippen LogP contribution >= 0.6 is 0 Å². The van der Waals surface area contributed by atoms with Crippen LogP contribution in [0.3, 0.4) is 0 Å². The van der Waals surface area contributed by atoms with Crippen molar-refractivity contribution in [3.63, 3.8) is 0 Å². The highest BCUT2D eigenvalue weighted by molar-refractivity contribution is 5.81. The molecule has 1 unspecified atom stereocenters. The van der Waals surface area contributed by atoms with Crippen molar-refractivity contribution in [1.29, 1.82) is 0 Å². The van der Waals surface area contributed by atoms with E-state index in [9.17, 15) is 9.59 Å². The number of carbonyl (C=O) groups is 2. The van der Waals surface area contributed by atoms with Gasteiger partial charge in [-0.15, -0.1) is 0 Å². The Kier molecular flexibility index (Phi) is 5.17. The Bertz CT molecular complexity index is 329. The SMILES string of the molecule is CC(N)C(=O)NC1CCN(C(=O)OC(C)(C)C)CC1. The molecule has 3 N–H and O–H groups in total. The number of hydrogen-bond acceptors (Lipinski definition) is 4. The topological polar surface area (TPSA) is 84.7 Å². The lowest BCUT2D eigenvalue weighted by molar-refractivity contribution is -0.122. The van der Waals surface area contributed by atoms with Crippen LogP contribution in [0.4, 0.5) is 4.79 Å². The number of nitrogens with one attached hydrogen (secondary N) is 1. The summed E-state index contributed by atoms with van der Waals surface area (Å²) in [5.74, 6) is -0.143. The molecule has 0 radical (unpaired) electrons. The fourth-order valence-corrected chi connectivity index (χ4v) is 1.87. The van der Waals surface area contributed by atoms with Crippen molar-refractivity contribution >= 4 is 12.0 Å². The fourth-order valence-electron chi connectivity index (χ4n) is 1.87. The van der Waals surface area contributed by atoms with E-state index < -0.39 is 11.6 Å². The highest BCUT2D eigenvalue weighted by atomic mass is 16.6. The molecule has 1 rings (SSSR count). The standard InChI is InChI=1S/C13H25N3O3/c1-9(14)11(17)15-10-5-7-16(8-6-10)12(18)19-13(2,3)4/h9-10H,5-8,14H2,1-4H3,(H,15,17). The maximum Gasteiger partial charge on any atom is 0.410 e. The lowest BCUT2D eigenvalue weighted by Crippen LogP contribution is -2.50. The summed E-state index contributed by atoms with van der Waals surface area (Å²) >= 11 is 0. The average molecular weight is 271 g/mol. The first-order valence-corrected chi connectivity index (χ1v) is 6.73. The maximum absolute atomic E-state index is 11.8. The normalized spacial score (nSPS) is 18.9. The molecule has 0 aromatic rings. The van der Waals surface area contributed by atoms with Gasteiger partial charge in [0.2, 0.25) is 5.91 Å². The van der Waals surface area contributed by atoms with Crippen LogP contribution in [0.1, 0.15) is 40.5 Å². The molecule has 0 aromatic heterocycles. The third-order valence-corrected chi connectivity index (χ3v) is 2.91. The third kappa shape index (κ3) is 5.46. The minimum absolute atomic E-state index is 0.0946. The Morgan fingerprint density at radius 3 is 2.26 bits per heavy atom. The summed E-state index contributed by atoms with van der Waals surface area (Å²) in [7, 11) is 0. The van der Waals surface area contributed by atoms with Crippen LogP contribution in [-0.4, -0.2) is 47.7 Å². The monoisotopic (exact) mass is 271 g/mol. The molecular formula is C13H25N3O3. The molecule has 6 heteroatoms. The molecule has 1 fully saturated rings. The zero-order valence-corrected chi connectivity index (χ0v) is 12.2. The second-order valence-corrected chi connectivity index (χ2v) is 6.04. The van der Waals surface area contributed by atoms with Crippen LogP contribution in [0, 0.1) is 0 Å². The van der Waals surface area contributed by atoms with Crippen LogP contribution in [0.5, 0.6) is 0 Å². The summed E-state index contributed by atoms with van der Waals surface area (Å²) in [5.41, 5.74) is 5.03. The molecule has 1 atom stereocenters. The molecule has 1 heterocycles. The number of nitrogens with zero attached hydrogens (tertiary/aromatic N) is 1. The molecule has 0 aromatic carbocycles. The number of ether oxygens (including phenoxy) is 1. The van der Waals surface area contributed by atoms with Gasteiger partial charge in [0.25, 0.3) is 0 Å². The van der Waals surface area contributed by atoms with E-state index in [4.69, 9.17) is 10.5 Å². The molecule has 110 valence electrons. The smallest absolute Gasteiger partial charge is 0.410 e. The number of rotatable bonds is 2. The molecule has 0 aliphatic carbocycles. The second kappa shape index (κ2) is 6.23. The predicted molar refractivity (Wildman–Crippen MR) is 72.6 cm³/mol. The summed E-state index contributed by atoms with van der Waals surface area (Å²) in [6, 6.07) is -0.402. The van der Waals surface area contributed by atoms with E-state index in [1.165, 1.54) is 0 Å². The molecule has 1 saturated heterocycles. The van der Waals surface area contributed by atoms with Crippen LogP contribution < -0.4 is 11.1 Å². The summed E-state index contributed by atoms with van der Waals surface area (Å²) in [6.45, 7) is 8.39. The Labute approximate surface area is 114 Å². The van der Waals surface area contributed by atoms with Crippen molar-refractivity contribution in [2.45, 2.75) is 58.2 Å². The maximum atomic E-state index is 11.8. The predicted octanol–water partition coefficient (Wildman–Crippen LogP) is 0.849. The van der Waals surface area contributed by atoms with Gasteiger partial charge >= 0.3 is 6.09 Å². The number of amides is 2. The van der Waals surface area contributed by atoms with Gasteiger partial charge in [-0.25, -0.2) is 4.79 Å². The van der Waals surface area contributed by atoms with Crippen LogP contribution in [-0.2, 0) is 9.53 Å². The summed E-state index contributed by atoms with van der Waals surface area (Å²) in [5, 5.41) is 2.88. The van der Waals surface area contributed by atoms with Gasteiger partial charge in [0, 0.05) is 19.1 Å². The lowest BCUT2D eigenvalue weighted by Gasteiger charge is -2.33. The molecule has 0 saturated carbocycles. The summed E-state index contributed by atoms with van der Waals surface area (Å²) in [6.07, 6.45) is 1.18. The minimum Gasteiger partial charge on any atom is -0.444 e. The van der Waals surface area contributed by atoms with Gasteiger partial charge in [0.15, 0.2) is 0 Å². The molecule has 1 aliphatic heterocycles. The van der Waals surface area contributed by atoms with Crippen molar-refractivity contribution < 1.29 is 14.3 Å². The van der Waals surface area contributed by atoms with E-state index in [0.717, 1.165) is 12.8 Å². The zero-order chi connectivity index (χ0) is 14.6. The van der Waals surface area contributed by atoms with E-state index >= 15 is 0 Å². The Morgan fingerprint density at radius 1 is 1.32 bits per heavy atom. The van der Waals surface area contributed by atoms with Gasteiger partial charge in [0.1, 0.15) is 5.60 Å². The van der Waals surface area contributed by atoms with E-state index in [1.54, 1.807) is 11.8 Å². The second-order valence-electron chi connectivity index (χ2n) is 6.04. The first kappa shape index (κ1) is 15.8. The van der Waals surface area contributed by atoms with Crippen molar-refractivity contribution in [2.24, 2.45) is 5.73 Å². The molecule has 2 amide bonds. The average Bonchev–Trinajstić information content (AvgIpc) is 2.27. The molecule has 0 spiro atoms. The molecular weight excluding hydrogens is 246 g/mol. The highest BCUT2D eigenvalue weighted by Gasteiger charge is 2.27. The summed E-state index contributed by atoms with van der Waals surface area (Å²) in [4.78, 5) is 25.0. The van der Waals surface area contributed by atoms with Gasteiger partial charge < -0.3 is 20.7 Å². The number of carbonyl (C=O) groups excluding carboxylic acids is 2. The van der Waals surface area contributed by atoms with E-state index in [-0.39, 0.29) is 18.0 Å². The minimum atomic E-state index is -0.496. The van der Waals surface area contributed by atoms with Gasteiger partial charge in [-0.1, -0.05) is 0 Å². The largest absolute Gasteiger partial charge is 0.444 e. The number of piperidine rings is 1. The highest BCUT2D eigenvalue weighted by Crippen LogP contribution is 2.15. The number of likely N-dealkylation sites (tertiary alicyclic amines) is 1. The number of hydrogen-bond donors (Lipinski definition) is 2.